The van der Waals surface area contributed by atoms with E-state index in [1.807, 2.05) is 17.0 Å². The van der Waals surface area contributed by atoms with Crippen LogP contribution in [-0.2, 0) is 6.54 Å². The molecule has 1 atom stereocenters. The quantitative estimate of drug-likeness (QED) is 0.885. The van der Waals surface area contributed by atoms with E-state index < -0.39 is 0 Å². The largest absolute Gasteiger partial charge is 0.357 e. The van der Waals surface area contributed by atoms with Gasteiger partial charge in [0.2, 0.25) is 0 Å². The molecule has 5 nitrogen and oxygen atoms in total. The van der Waals surface area contributed by atoms with E-state index in [2.05, 4.69) is 41.2 Å². The average molecular weight is 364 g/mol. The first-order chi connectivity index (χ1) is 13.2. The third kappa shape index (κ3) is 3.98. The van der Waals surface area contributed by atoms with Gasteiger partial charge in [-0.15, -0.1) is 0 Å². The minimum atomic E-state index is 0.117. The first-order valence-corrected chi connectivity index (χ1v) is 9.93. The van der Waals surface area contributed by atoms with Crippen molar-refractivity contribution in [3.05, 3.63) is 59.3 Å². The Balaban J connectivity index is 1.47. The van der Waals surface area contributed by atoms with Crippen molar-refractivity contribution >= 4 is 11.7 Å². The maximum Gasteiger partial charge on any atom is 0.254 e. The van der Waals surface area contributed by atoms with Crippen molar-refractivity contribution in [1.82, 2.24) is 9.88 Å². The highest BCUT2D eigenvalue weighted by molar-refractivity contribution is 5.95. The Kier molecular flexibility index (Phi) is 5.12. The van der Waals surface area contributed by atoms with Gasteiger partial charge in [-0.3, -0.25) is 4.79 Å². The van der Waals surface area contributed by atoms with Gasteiger partial charge in [0.1, 0.15) is 5.82 Å². The second-order valence-electron chi connectivity index (χ2n) is 7.78. The van der Waals surface area contributed by atoms with E-state index in [0.29, 0.717) is 18.5 Å². The number of carbonyl (C=O) groups is 1. The smallest absolute Gasteiger partial charge is 0.254 e. The van der Waals surface area contributed by atoms with E-state index in [-0.39, 0.29) is 5.91 Å². The van der Waals surface area contributed by atoms with E-state index in [1.54, 1.807) is 6.20 Å². The Morgan fingerprint density at radius 1 is 1.22 bits per heavy atom. The number of nitrogens with two attached hydrogens (primary N) is 1. The van der Waals surface area contributed by atoms with Crippen LogP contribution in [-0.4, -0.2) is 42.0 Å². The summed E-state index contributed by atoms with van der Waals surface area (Å²) in [7, 11) is 2.07. The summed E-state index contributed by atoms with van der Waals surface area (Å²) < 4.78 is 0. The molecule has 2 heterocycles. The number of likely N-dealkylation sites (tertiary alicyclic amines) is 1. The minimum Gasteiger partial charge on any atom is -0.357 e. The molecule has 1 aromatic carbocycles. The fraction of sp³-hybridized carbons (Fsp3) is 0.455. The van der Waals surface area contributed by atoms with Crippen LogP contribution in [0.15, 0.2) is 42.6 Å². The summed E-state index contributed by atoms with van der Waals surface area (Å²) >= 11 is 0. The molecule has 1 unspecified atom stereocenters. The van der Waals surface area contributed by atoms with E-state index in [9.17, 15) is 4.79 Å². The van der Waals surface area contributed by atoms with Crippen molar-refractivity contribution in [2.75, 3.05) is 25.0 Å². The Morgan fingerprint density at radius 2 is 2.00 bits per heavy atom. The zero-order valence-electron chi connectivity index (χ0n) is 16.0. The average Bonchev–Trinajstić information content (AvgIpc) is 3.58. The zero-order valence-corrected chi connectivity index (χ0v) is 16.0. The predicted molar refractivity (Wildman–Crippen MR) is 108 cm³/mol. The van der Waals surface area contributed by atoms with Crippen LogP contribution in [0.2, 0.25) is 0 Å². The van der Waals surface area contributed by atoms with Crippen molar-refractivity contribution in [2.45, 2.75) is 44.2 Å². The molecule has 4 rings (SSSR count). The molecule has 2 aromatic rings. The Bertz CT molecular complexity index is 800. The van der Waals surface area contributed by atoms with Gasteiger partial charge in [-0.1, -0.05) is 24.3 Å². The van der Waals surface area contributed by atoms with Gasteiger partial charge in [0.25, 0.3) is 5.91 Å². The maximum atomic E-state index is 13.1. The Morgan fingerprint density at radius 3 is 2.70 bits per heavy atom. The van der Waals surface area contributed by atoms with Gasteiger partial charge in [0.05, 0.1) is 0 Å². The van der Waals surface area contributed by atoms with E-state index in [1.165, 1.54) is 18.4 Å². The highest BCUT2D eigenvalue weighted by Gasteiger charge is 2.29. The van der Waals surface area contributed by atoms with Crippen molar-refractivity contribution in [3.8, 4) is 0 Å². The molecule has 1 aliphatic carbocycles. The topological polar surface area (TPSA) is 62.5 Å². The monoisotopic (exact) mass is 364 g/mol. The summed E-state index contributed by atoms with van der Waals surface area (Å²) in [5.74, 6) is 1.41. The molecule has 1 saturated carbocycles. The summed E-state index contributed by atoms with van der Waals surface area (Å²) in [5.41, 5.74) is 8.89. The van der Waals surface area contributed by atoms with Gasteiger partial charge in [-0.25, -0.2) is 4.98 Å². The molecule has 0 radical (unpaired) electrons. The lowest BCUT2D eigenvalue weighted by Gasteiger charge is -2.33. The Labute approximate surface area is 161 Å². The molecule has 0 bridgehead atoms. The number of nitrogens with zero attached hydrogens (tertiary/aromatic N) is 3. The predicted octanol–water partition coefficient (Wildman–Crippen LogP) is 3.16. The fourth-order valence-electron chi connectivity index (χ4n) is 3.94. The maximum absolute atomic E-state index is 13.1. The van der Waals surface area contributed by atoms with Crippen LogP contribution in [0, 0.1) is 0 Å². The summed E-state index contributed by atoms with van der Waals surface area (Å²) in [6, 6.07) is 12.9. The SMILES string of the molecule is CN(c1cc(C(=O)N2CCCC(c3ccc(CN)cc3)C2)ccn1)C1CC1. The molecule has 5 heteroatoms. The number of amides is 1. The van der Waals surface area contributed by atoms with Gasteiger partial charge in [0, 0.05) is 50.4 Å². The van der Waals surface area contributed by atoms with Crippen LogP contribution >= 0.6 is 0 Å². The lowest BCUT2D eigenvalue weighted by atomic mass is 9.90. The van der Waals surface area contributed by atoms with Crippen molar-refractivity contribution < 1.29 is 4.79 Å². The summed E-state index contributed by atoms with van der Waals surface area (Å²) in [4.78, 5) is 21.7. The fourth-order valence-corrected chi connectivity index (χ4v) is 3.94. The molecule has 142 valence electrons. The zero-order chi connectivity index (χ0) is 18.8. The lowest BCUT2D eigenvalue weighted by Crippen LogP contribution is -2.39. The molecule has 0 spiro atoms. The number of piperidine rings is 1. The summed E-state index contributed by atoms with van der Waals surface area (Å²) in [6.07, 6.45) is 6.35. The van der Waals surface area contributed by atoms with Crippen LogP contribution in [0.5, 0.6) is 0 Å². The van der Waals surface area contributed by atoms with E-state index >= 15 is 0 Å². The molecule has 2 N–H and O–H groups in total. The van der Waals surface area contributed by atoms with E-state index in [0.717, 1.165) is 42.9 Å². The number of rotatable bonds is 5. The number of hydrogen-bond acceptors (Lipinski definition) is 4. The summed E-state index contributed by atoms with van der Waals surface area (Å²) in [5, 5.41) is 0. The number of benzene rings is 1. The van der Waals surface area contributed by atoms with Crippen LogP contribution < -0.4 is 10.6 Å². The summed E-state index contributed by atoms with van der Waals surface area (Å²) in [6.45, 7) is 2.17. The second kappa shape index (κ2) is 7.69. The first-order valence-electron chi connectivity index (χ1n) is 9.93. The molecule has 27 heavy (non-hydrogen) atoms. The normalized spacial score (nSPS) is 19.8. The third-order valence-electron chi connectivity index (χ3n) is 5.84. The second-order valence-corrected chi connectivity index (χ2v) is 7.78. The number of pyridine rings is 1. The first kappa shape index (κ1) is 18.0. The molecule has 1 aliphatic heterocycles. The number of hydrogen-bond donors (Lipinski definition) is 1. The van der Waals surface area contributed by atoms with Crippen molar-refractivity contribution in [2.24, 2.45) is 5.73 Å². The molecular formula is C22H28N4O. The van der Waals surface area contributed by atoms with Crippen molar-refractivity contribution in [1.29, 1.82) is 0 Å². The van der Waals surface area contributed by atoms with Crippen LogP contribution in [0.25, 0.3) is 0 Å². The Hall–Kier alpha value is -2.40. The lowest BCUT2D eigenvalue weighted by molar-refractivity contribution is 0.0707. The van der Waals surface area contributed by atoms with Crippen LogP contribution in [0.3, 0.4) is 0 Å². The van der Waals surface area contributed by atoms with Crippen LogP contribution in [0.4, 0.5) is 5.82 Å². The van der Waals surface area contributed by atoms with Gasteiger partial charge in [-0.05, 0) is 48.9 Å². The van der Waals surface area contributed by atoms with Gasteiger partial charge >= 0.3 is 0 Å². The highest BCUT2D eigenvalue weighted by atomic mass is 16.2. The molecule has 1 amide bonds. The molecule has 2 fully saturated rings. The van der Waals surface area contributed by atoms with Crippen LogP contribution in [0.1, 0.15) is 53.1 Å². The van der Waals surface area contributed by atoms with Crippen molar-refractivity contribution in [3.63, 3.8) is 0 Å². The minimum absolute atomic E-state index is 0.117. The molecule has 2 aliphatic rings. The van der Waals surface area contributed by atoms with E-state index in [4.69, 9.17) is 5.73 Å². The van der Waals surface area contributed by atoms with Gasteiger partial charge in [0.15, 0.2) is 0 Å². The number of anilines is 1. The van der Waals surface area contributed by atoms with Gasteiger partial charge in [-0.2, -0.15) is 0 Å². The molecule has 1 aromatic heterocycles. The molecule has 1 saturated heterocycles. The standard InChI is InChI=1S/C22H28N4O/c1-25(20-8-9-20)21-13-18(10-11-24-21)22(27)26-12-2-3-19(15-26)17-6-4-16(14-23)5-7-17/h4-7,10-11,13,19-20H,2-3,8-9,12,14-15,23H2,1H3. The highest BCUT2D eigenvalue weighted by Crippen LogP contribution is 2.30. The van der Waals surface area contributed by atoms with Gasteiger partial charge < -0.3 is 15.5 Å². The number of aromatic nitrogens is 1. The molecular weight excluding hydrogens is 336 g/mol. The number of carbonyl (C=O) groups excluding carboxylic acids is 1. The third-order valence-corrected chi connectivity index (χ3v) is 5.84.